The van der Waals surface area contributed by atoms with E-state index in [1.54, 1.807) is 0 Å². The predicted octanol–water partition coefficient (Wildman–Crippen LogP) is 2.36. The summed E-state index contributed by atoms with van der Waals surface area (Å²) in [5.74, 6) is 1.32. The second-order valence-corrected chi connectivity index (χ2v) is 5.43. The van der Waals surface area contributed by atoms with Crippen LogP contribution in [0.4, 0.5) is 0 Å². The smallest absolute Gasteiger partial charge is 0.0897 e. The molecule has 0 radical (unpaired) electrons. The molecule has 3 atom stereocenters. The van der Waals surface area contributed by atoms with Crippen LogP contribution in [0, 0.1) is 11.8 Å². The minimum absolute atomic E-state index is 0.378. The fourth-order valence-electron chi connectivity index (χ4n) is 2.22. The number of allylic oxidation sites excluding steroid dienone is 2. The summed E-state index contributed by atoms with van der Waals surface area (Å²) in [4.78, 5) is 0. The van der Waals surface area contributed by atoms with Gasteiger partial charge < -0.3 is 15.2 Å². The van der Waals surface area contributed by atoms with E-state index < -0.39 is 0 Å². The van der Waals surface area contributed by atoms with E-state index in [0.29, 0.717) is 25.0 Å². The van der Waals surface area contributed by atoms with Gasteiger partial charge in [0.25, 0.3) is 0 Å². The van der Waals surface area contributed by atoms with Crippen LogP contribution < -0.4 is 5.32 Å². The van der Waals surface area contributed by atoms with Gasteiger partial charge in [0.2, 0.25) is 0 Å². The van der Waals surface area contributed by atoms with Crippen LogP contribution in [-0.4, -0.2) is 37.5 Å². The summed E-state index contributed by atoms with van der Waals surface area (Å²) in [7, 11) is 0. The van der Waals surface area contributed by atoms with E-state index in [9.17, 15) is 5.11 Å². The predicted molar refractivity (Wildman–Crippen MR) is 75.6 cm³/mol. The zero-order valence-corrected chi connectivity index (χ0v) is 11.9. The zero-order valence-electron chi connectivity index (χ0n) is 11.9. The molecule has 106 valence electrons. The minimum atomic E-state index is -0.378. The van der Waals surface area contributed by atoms with Crippen molar-refractivity contribution in [1.82, 2.24) is 5.32 Å². The molecule has 1 aliphatic carbocycles. The minimum Gasteiger partial charge on any atom is -0.389 e. The molecule has 0 fully saturated rings. The Morgan fingerprint density at radius 1 is 1.39 bits per heavy atom. The molecule has 0 saturated heterocycles. The van der Waals surface area contributed by atoms with E-state index in [1.165, 1.54) is 12.8 Å². The standard InChI is InChI=1S/C15H29NO2/c1-3-4-9-16-10-15(17)12-18-11-14-8-6-5-7-13(14)2/h5-6,13-17H,3-4,7-12H2,1-2H3. The van der Waals surface area contributed by atoms with Crippen LogP contribution in [0.3, 0.4) is 0 Å². The van der Waals surface area contributed by atoms with E-state index in [-0.39, 0.29) is 6.10 Å². The first-order valence-electron chi connectivity index (χ1n) is 7.35. The van der Waals surface area contributed by atoms with Gasteiger partial charge in [-0.3, -0.25) is 0 Å². The molecule has 0 aromatic carbocycles. The Morgan fingerprint density at radius 2 is 2.17 bits per heavy atom. The van der Waals surface area contributed by atoms with Crippen molar-refractivity contribution in [2.75, 3.05) is 26.3 Å². The van der Waals surface area contributed by atoms with Gasteiger partial charge in [-0.15, -0.1) is 0 Å². The monoisotopic (exact) mass is 255 g/mol. The topological polar surface area (TPSA) is 41.5 Å². The maximum Gasteiger partial charge on any atom is 0.0897 e. The van der Waals surface area contributed by atoms with Gasteiger partial charge in [-0.05, 0) is 37.6 Å². The molecule has 0 amide bonds. The summed E-state index contributed by atoms with van der Waals surface area (Å²) < 4.78 is 5.64. The average Bonchev–Trinajstić information content (AvgIpc) is 2.37. The van der Waals surface area contributed by atoms with Gasteiger partial charge >= 0.3 is 0 Å². The number of nitrogens with one attached hydrogen (secondary N) is 1. The molecule has 2 N–H and O–H groups in total. The molecule has 0 aromatic heterocycles. The third-order valence-electron chi connectivity index (χ3n) is 3.65. The van der Waals surface area contributed by atoms with Crippen LogP contribution in [-0.2, 0) is 4.74 Å². The Kier molecular flexibility index (Phi) is 8.31. The second-order valence-electron chi connectivity index (χ2n) is 5.43. The van der Waals surface area contributed by atoms with E-state index in [4.69, 9.17) is 4.74 Å². The van der Waals surface area contributed by atoms with Crippen LogP contribution in [0.15, 0.2) is 12.2 Å². The summed E-state index contributed by atoms with van der Waals surface area (Å²) >= 11 is 0. The van der Waals surface area contributed by atoms with Crippen molar-refractivity contribution in [2.24, 2.45) is 11.8 Å². The lowest BCUT2D eigenvalue weighted by Crippen LogP contribution is -2.32. The molecule has 3 heteroatoms. The maximum absolute atomic E-state index is 9.74. The third kappa shape index (κ3) is 6.53. The molecule has 3 unspecified atom stereocenters. The molecule has 1 rings (SSSR count). The van der Waals surface area contributed by atoms with Gasteiger partial charge in [0.1, 0.15) is 0 Å². The first-order valence-corrected chi connectivity index (χ1v) is 7.35. The van der Waals surface area contributed by atoms with E-state index in [2.05, 4.69) is 31.3 Å². The Hall–Kier alpha value is -0.380. The van der Waals surface area contributed by atoms with Crippen molar-refractivity contribution < 1.29 is 9.84 Å². The quantitative estimate of drug-likeness (QED) is 0.491. The molecule has 1 aliphatic rings. The fraction of sp³-hybridized carbons (Fsp3) is 0.867. The van der Waals surface area contributed by atoms with Crippen molar-refractivity contribution in [3.8, 4) is 0 Å². The fourth-order valence-corrected chi connectivity index (χ4v) is 2.22. The summed E-state index contributed by atoms with van der Waals surface area (Å²) in [5, 5.41) is 13.0. The van der Waals surface area contributed by atoms with Crippen molar-refractivity contribution in [3.63, 3.8) is 0 Å². The molecule has 0 bridgehead atoms. The van der Waals surface area contributed by atoms with Crippen molar-refractivity contribution in [1.29, 1.82) is 0 Å². The van der Waals surface area contributed by atoms with Gasteiger partial charge in [0.15, 0.2) is 0 Å². The summed E-state index contributed by atoms with van der Waals surface area (Å²) in [6, 6.07) is 0. The Balaban J connectivity index is 2.01. The average molecular weight is 255 g/mol. The van der Waals surface area contributed by atoms with Gasteiger partial charge in [-0.1, -0.05) is 32.4 Å². The lowest BCUT2D eigenvalue weighted by Gasteiger charge is -2.25. The Labute approximate surface area is 112 Å². The van der Waals surface area contributed by atoms with E-state index in [0.717, 1.165) is 26.0 Å². The molecular formula is C15H29NO2. The second kappa shape index (κ2) is 9.54. The SMILES string of the molecule is CCCCNCC(O)COCC1CC=CCC1C. The van der Waals surface area contributed by atoms with Crippen LogP contribution in [0.5, 0.6) is 0 Å². The van der Waals surface area contributed by atoms with Crippen LogP contribution >= 0.6 is 0 Å². The largest absolute Gasteiger partial charge is 0.389 e. The molecule has 0 aliphatic heterocycles. The van der Waals surface area contributed by atoms with Gasteiger partial charge in [0.05, 0.1) is 19.3 Å². The maximum atomic E-state index is 9.74. The Bertz CT molecular complexity index is 231. The van der Waals surface area contributed by atoms with Gasteiger partial charge in [0, 0.05) is 6.54 Å². The van der Waals surface area contributed by atoms with Crippen LogP contribution in [0.25, 0.3) is 0 Å². The molecule has 18 heavy (non-hydrogen) atoms. The van der Waals surface area contributed by atoms with Crippen molar-refractivity contribution in [3.05, 3.63) is 12.2 Å². The number of aliphatic hydroxyl groups excluding tert-OH is 1. The van der Waals surface area contributed by atoms with Crippen molar-refractivity contribution in [2.45, 2.75) is 45.6 Å². The first-order chi connectivity index (χ1) is 8.74. The normalized spacial score (nSPS) is 25.3. The molecule has 0 spiro atoms. The number of rotatable bonds is 9. The van der Waals surface area contributed by atoms with Gasteiger partial charge in [-0.2, -0.15) is 0 Å². The summed E-state index contributed by atoms with van der Waals surface area (Å²) in [5.41, 5.74) is 0. The highest BCUT2D eigenvalue weighted by Gasteiger charge is 2.18. The van der Waals surface area contributed by atoms with E-state index >= 15 is 0 Å². The number of aliphatic hydroxyl groups is 1. The van der Waals surface area contributed by atoms with Crippen LogP contribution in [0.1, 0.15) is 39.5 Å². The lowest BCUT2D eigenvalue weighted by molar-refractivity contribution is 0.0129. The number of ether oxygens (including phenoxy) is 1. The molecule has 0 saturated carbocycles. The third-order valence-corrected chi connectivity index (χ3v) is 3.65. The highest BCUT2D eigenvalue weighted by atomic mass is 16.5. The van der Waals surface area contributed by atoms with Gasteiger partial charge in [-0.25, -0.2) is 0 Å². The highest BCUT2D eigenvalue weighted by molar-refractivity contribution is 4.93. The molecule has 0 heterocycles. The molecule has 3 nitrogen and oxygen atoms in total. The number of unbranched alkanes of at least 4 members (excludes halogenated alkanes) is 1. The first kappa shape index (κ1) is 15.7. The summed E-state index contributed by atoms with van der Waals surface area (Å²) in [6.45, 7) is 7.29. The highest BCUT2D eigenvalue weighted by Crippen LogP contribution is 2.24. The molecule has 0 aromatic rings. The Morgan fingerprint density at radius 3 is 2.89 bits per heavy atom. The molecular weight excluding hydrogens is 226 g/mol. The van der Waals surface area contributed by atoms with Crippen molar-refractivity contribution >= 4 is 0 Å². The zero-order chi connectivity index (χ0) is 13.2. The lowest BCUT2D eigenvalue weighted by atomic mass is 9.85. The van der Waals surface area contributed by atoms with E-state index in [1.807, 2.05) is 0 Å². The summed E-state index contributed by atoms with van der Waals surface area (Å²) in [6.07, 6.45) is 8.76. The van der Waals surface area contributed by atoms with Crippen LogP contribution in [0.2, 0.25) is 0 Å². The number of hydrogen-bond acceptors (Lipinski definition) is 3. The number of hydrogen-bond donors (Lipinski definition) is 2.